The Morgan fingerprint density at radius 3 is 2.59 bits per heavy atom. The Bertz CT molecular complexity index is 543. The number of carbonyl (C=O) groups is 1. The van der Waals surface area contributed by atoms with Crippen molar-refractivity contribution < 1.29 is 4.79 Å². The lowest BCUT2D eigenvalue weighted by molar-refractivity contribution is 0.100. The molecule has 2 aromatic rings. The van der Waals surface area contributed by atoms with E-state index in [0.717, 1.165) is 10.2 Å². The van der Waals surface area contributed by atoms with Crippen molar-refractivity contribution in [2.24, 2.45) is 5.73 Å². The van der Waals surface area contributed by atoms with E-state index in [2.05, 4.69) is 26.2 Å². The molecule has 0 radical (unpaired) electrons. The Morgan fingerprint density at radius 2 is 1.94 bits per heavy atom. The Morgan fingerprint density at radius 1 is 1.24 bits per heavy atom. The van der Waals surface area contributed by atoms with E-state index in [1.807, 2.05) is 18.2 Å². The fourth-order valence-corrected chi connectivity index (χ4v) is 1.78. The number of halogens is 1. The van der Waals surface area contributed by atoms with Crippen molar-refractivity contribution in [2.45, 2.75) is 0 Å². The molecule has 1 amide bonds. The number of nitrogens with one attached hydrogen (secondary N) is 1. The van der Waals surface area contributed by atoms with E-state index in [1.54, 1.807) is 24.5 Å². The summed E-state index contributed by atoms with van der Waals surface area (Å²) in [5.41, 5.74) is 7.29. The Kier molecular flexibility index (Phi) is 3.39. The van der Waals surface area contributed by atoms with Gasteiger partial charge in [0, 0.05) is 22.6 Å². The largest absolute Gasteiger partial charge is 0.366 e. The number of aromatic nitrogens is 1. The van der Waals surface area contributed by atoms with Crippen LogP contribution < -0.4 is 11.1 Å². The summed E-state index contributed by atoms with van der Waals surface area (Å²) < 4.78 is 0.812. The fourth-order valence-electron chi connectivity index (χ4n) is 1.42. The molecule has 2 rings (SSSR count). The molecular formula is C12H10BrN3O. The molecule has 0 aliphatic heterocycles. The zero-order chi connectivity index (χ0) is 12.3. The number of amides is 1. The SMILES string of the molecule is NC(=O)c1cc(Br)ccc1Nc1ccncc1. The van der Waals surface area contributed by atoms with Crippen LogP contribution in [0.3, 0.4) is 0 Å². The van der Waals surface area contributed by atoms with Gasteiger partial charge in [-0.3, -0.25) is 9.78 Å². The molecule has 0 unspecified atom stereocenters. The van der Waals surface area contributed by atoms with Crippen LogP contribution in [-0.2, 0) is 0 Å². The Hall–Kier alpha value is -1.88. The molecule has 3 N–H and O–H groups in total. The molecule has 4 nitrogen and oxygen atoms in total. The zero-order valence-electron chi connectivity index (χ0n) is 8.85. The van der Waals surface area contributed by atoms with Gasteiger partial charge in [0.15, 0.2) is 0 Å². The number of anilines is 2. The highest BCUT2D eigenvalue weighted by Gasteiger charge is 2.08. The number of primary amides is 1. The number of carbonyl (C=O) groups excluding carboxylic acids is 1. The van der Waals surface area contributed by atoms with Gasteiger partial charge in [-0.15, -0.1) is 0 Å². The summed E-state index contributed by atoms with van der Waals surface area (Å²) in [6, 6.07) is 8.95. The maximum absolute atomic E-state index is 11.3. The van der Waals surface area contributed by atoms with Crippen LogP contribution >= 0.6 is 15.9 Å². The van der Waals surface area contributed by atoms with Gasteiger partial charge in [0.25, 0.3) is 5.91 Å². The van der Waals surface area contributed by atoms with Crippen LogP contribution in [0.15, 0.2) is 47.2 Å². The zero-order valence-corrected chi connectivity index (χ0v) is 10.4. The highest BCUT2D eigenvalue weighted by molar-refractivity contribution is 9.10. The lowest BCUT2D eigenvalue weighted by Gasteiger charge is -2.10. The molecule has 0 spiro atoms. The van der Waals surface area contributed by atoms with Gasteiger partial charge in [-0.2, -0.15) is 0 Å². The minimum atomic E-state index is -0.470. The predicted molar refractivity (Wildman–Crippen MR) is 70.2 cm³/mol. The maximum atomic E-state index is 11.3. The molecule has 0 atom stereocenters. The van der Waals surface area contributed by atoms with E-state index < -0.39 is 5.91 Å². The summed E-state index contributed by atoms with van der Waals surface area (Å²) in [5, 5.41) is 3.12. The third-order valence-corrected chi connectivity index (χ3v) is 2.70. The van der Waals surface area contributed by atoms with Crippen molar-refractivity contribution in [3.05, 3.63) is 52.8 Å². The maximum Gasteiger partial charge on any atom is 0.250 e. The van der Waals surface area contributed by atoms with Gasteiger partial charge in [0.05, 0.1) is 11.3 Å². The molecule has 0 aliphatic rings. The van der Waals surface area contributed by atoms with E-state index >= 15 is 0 Å². The molecule has 1 aromatic carbocycles. The number of rotatable bonds is 3. The molecule has 0 aliphatic carbocycles. The number of hydrogen-bond donors (Lipinski definition) is 2. The molecule has 1 aromatic heterocycles. The van der Waals surface area contributed by atoms with Gasteiger partial charge >= 0.3 is 0 Å². The molecule has 1 heterocycles. The van der Waals surface area contributed by atoms with Gasteiger partial charge in [0.1, 0.15) is 0 Å². The van der Waals surface area contributed by atoms with Crippen molar-refractivity contribution in [3.63, 3.8) is 0 Å². The molecule has 5 heteroatoms. The number of nitrogens with zero attached hydrogens (tertiary/aromatic N) is 1. The first-order valence-corrected chi connectivity index (χ1v) is 5.72. The Balaban J connectivity index is 2.36. The predicted octanol–water partition coefficient (Wildman–Crippen LogP) is 2.69. The van der Waals surface area contributed by atoms with Crippen molar-refractivity contribution in [2.75, 3.05) is 5.32 Å². The molecular weight excluding hydrogens is 282 g/mol. The summed E-state index contributed by atoms with van der Waals surface area (Å²) >= 11 is 3.30. The van der Waals surface area contributed by atoms with E-state index in [1.165, 1.54) is 0 Å². The summed E-state index contributed by atoms with van der Waals surface area (Å²) in [4.78, 5) is 15.2. The van der Waals surface area contributed by atoms with Gasteiger partial charge in [-0.1, -0.05) is 15.9 Å². The second kappa shape index (κ2) is 4.97. The number of pyridine rings is 1. The van der Waals surface area contributed by atoms with Crippen LogP contribution in [0.25, 0.3) is 0 Å². The number of hydrogen-bond acceptors (Lipinski definition) is 3. The standard InChI is InChI=1S/C12H10BrN3O/c13-8-1-2-11(10(7-8)12(14)17)16-9-3-5-15-6-4-9/h1-7H,(H2,14,17)(H,15,16). The monoisotopic (exact) mass is 291 g/mol. The number of nitrogens with two attached hydrogens (primary N) is 1. The van der Waals surface area contributed by atoms with Crippen LogP contribution in [0.5, 0.6) is 0 Å². The quantitative estimate of drug-likeness (QED) is 0.914. The summed E-state index contributed by atoms with van der Waals surface area (Å²) in [6.45, 7) is 0. The van der Waals surface area contributed by atoms with Crippen molar-refractivity contribution in [1.29, 1.82) is 0 Å². The molecule has 0 saturated heterocycles. The van der Waals surface area contributed by atoms with E-state index in [0.29, 0.717) is 11.3 Å². The molecule has 17 heavy (non-hydrogen) atoms. The molecule has 0 saturated carbocycles. The summed E-state index contributed by atoms with van der Waals surface area (Å²) in [6.07, 6.45) is 3.34. The third kappa shape index (κ3) is 2.82. The minimum Gasteiger partial charge on any atom is -0.366 e. The van der Waals surface area contributed by atoms with E-state index in [4.69, 9.17) is 5.73 Å². The van der Waals surface area contributed by atoms with Crippen LogP contribution in [0.2, 0.25) is 0 Å². The Labute approximate surface area is 107 Å². The third-order valence-electron chi connectivity index (χ3n) is 2.21. The van der Waals surface area contributed by atoms with Crippen molar-refractivity contribution >= 4 is 33.2 Å². The molecule has 0 fully saturated rings. The second-order valence-corrected chi connectivity index (χ2v) is 4.33. The van der Waals surface area contributed by atoms with E-state index in [-0.39, 0.29) is 0 Å². The second-order valence-electron chi connectivity index (χ2n) is 3.42. The first kappa shape index (κ1) is 11.6. The normalized spacial score (nSPS) is 9.94. The first-order valence-electron chi connectivity index (χ1n) is 4.93. The van der Waals surface area contributed by atoms with Crippen LogP contribution in [0.4, 0.5) is 11.4 Å². The highest BCUT2D eigenvalue weighted by Crippen LogP contribution is 2.23. The summed E-state index contributed by atoms with van der Waals surface area (Å²) in [7, 11) is 0. The van der Waals surface area contributed by atoms with Gasteiger partial charge in [0.2, 0.25) is 0 Å². The minimum absolute atomic E-state index is 0.441. The average Bonchev–Trinajstić information content (AvgIpc) is 2.32. The molecule has 0 bridgehead atoms. The highest BCUT2D eigenvalue weighted by atomic mass is 79.9. The van der Waals surface area contributed by atoms with Crippen LogP contribution in [-0.4, -0.2) is 10.9 Å². The fraction of sp³-hybridized carbons (Fsp3) is 0. The smallest absolute Gasteiger partial charge is 0.250 e. The van der Waals surface area contributed by atoms with Gasteiger partial charge in [-0.05, 0) is 30.3 Å². The number of benzene rings is 1. The van der Waals surface area contributed by atoms with Gasteiger partial charge < -0.3 is 11.1 Å². The van der Waals surface area contributed by atoms with Crippen molar-refractivity contribution in [1.82, 2.24) is 4.98 Å². The van der Waals surface area contributed by atoms with E-state index in [9.17, 15) is 4.79 Å². The van der Waals surface area contributed by atoms with Gasteiger partial charge in [-0.25, -0.2) is 0 Å². The lowest BCUT2D eigenvalue weighted by atomic mass is 10.1. The molecule has 86 valence electrons. The first-order chi connectivity index (χ1) is 8.16. The van der Waals surface area contributed by atoms with Crippen LogP contribution in [0.1, 0.15) is 10.4 Å². The average molecular weight is 292 g/mol. The van der Waals surface area contributed by atoms with Crippen molar-refractivity contribution in [3.8, 4) is 0 Å². The topological polar surface area (TPSA) is 68.0 Å². The lowest BCUT2D eigenvalue weighted by Crippen LogP contribution is -2.13. The van der Waals surface area contributed by atoms with Crippen LogP contribution in [0, 0.1) is 0 Å². The summed E-state index contributed by atoms with van der Waals surface area (Å²) in [5.74, 6) is -0.470.